The molecule has 0 saturated carbocycles. The molecule has 0 spiro atoms. The number of ether oxygens (including phenoxy) is 3. The van der Waals surface area contributed by atoms with E-state index in [-0.39, 0.29) is 11.8 Å². The summed E-state index contributed by atoms with van der Waals surface area (Å²) in [5.41, 5.74) is 0.784. The standard InChI is InChI=1S/C18H26N2O4S2/c1-20-5-10-25-18(20)15-12-26-17(19-15)14-4-3-13(11-16(14)21)24-9-8-23-7-6-22-2/h3-4,11,15,18,21H,5-10,12H2,1-2H3/t15-,18+/m0/s1. The number of hydrogen-bond acceptors (Lipinski definition) is 8. The number of likely N-dealkylation sites (N-methyl/N-ethyl adjacent to an activating group) is 1. The fourth-order valence-electron chi connectivity index (χ4n) is 2.90. The van der Waals surface area contributed by atoms with Gasteiger partial charge in [0.25, 0.3) is 0 Å². The molecule has 0 unspecified atom stereocenters. The molecule has 0 amide bonds. The number of aliphatic imine (C=N–C) groups is 1. The number of aromatic hydroxyl groups is 1. The van der Waals surface area contributed by atoms with Crippen LogP contribution in [0, 0.1) is 0 Å². The number of methoxy groups -OCH3 is 1. The van der Waals surface area contributed by atoms with Crippen molar-refractivity contribution in [3.8, 4) is 11.5 Å². The van der Waals surface area contributed by atoms with Gasteiger partial charge in [0, 0.05) is 36.8 Å². The lowest BCUT2D eigenvalue weighted by atomic mass is 10.2. The predicted octanol–water partition coefficient (Wildman–Crippen LogP) is 2.30. The third-order valence-electron chi connectivity index (χ3n) is 4.30. The molecule has 0 bridgehead atoms. The Kier molecular flexibility index (Phi) is 7.51. The molecule has 0 aliphatic carbocycles. The molecule has 3 rings (SSSR count). The van der Waals surface area contributed by atoms with Crippen molar-refractivity contribution in [2.24, 2.45) is 4.99 Å². The van der Waals surface area contributed by atoms with Crippen LogP contribution >= 0.6 is 23.5 Å². The van der Waals surface area contributed by atoms with Crippen LogP contribution < -0.4 is 4.74 Å². The summed E-state index contributed by atoms with van der Waals surface area (Å²) in [5, 5.41) is 11.8. The van der Waals surface area contributed by atoms with Crippen LogP contribution in [-0.2, 0) is 9.47 Å². The van der Waals surface area contributed by atoms with Crippen molar-refractivity contribution in [3.05, 3.63) is 23.8 Å². The molecule has 1 N–H and O–H groups in total. The van der Waals surface area contributed by atoms with Gasteiger partial charge in [0.05, 0.1) is 31.2 Å². The van der Waals surface area contributed by atoms with Crippen LogP contribution in [0.2, 0.25) is 0 Å². The van der Waals surface area contributed by atoms with Crippen molar-refractivity contribution in [2.75, 3.05) is 58.6 Å². The zero-order valence-corrected chi connectivity index (χ0v) is 16.9. The van der Waals surface area contributed by atoms with Crippen molar-refractivity contribution in [1.82, 2.24) is 4.90 Å². The monoisotopic (exact) mass is 398 g/mol. The summed E-state index contributed by atoms with van der Waals surface area (Å²) in [6.45, 7) is 3.17. The molecular weight excluding hydrogens is 372 g/mol. The van der Waals surface area contributed by atoms with E-state index in [0.29, 0.717) is 37.6 Å². The number of phenolic OH excluding ortho intramolecular Hbond substituents is 1. The number of nitrogens with zero attached hydrogens (tertiary/aromatic N) is 2. The average Bonchev–Trinajstić information content (AvgIpc) is 3.27. The van der Waals surface area contributed by atoms with Gasteiger partial charge in [-0.1, -0.05) is 0 Å². The predicted molar refractivity (Wildman–Crippen MR) is 108 cm³/mol. The Bertz CT molecular complexity index is 629. The van der Waals surface area contributed by atoms with Gasteiger partial charge in [-0.3, -0.25) is 9.89 Å². The van der Waals surface area contributed by atoms with Gasteiger partial charge in [-0.2, -0.15) is 0 Å². The molecule has 2 aliphatic heterocycles. The Morgan fingerprint density at radius 3 is 2.85 bits per heavy atom. The van der Waals surface area contributed by atoms with E-state index in [1.54, 1.807) is 24.9 Å². The summed E-state index contributed by atoms with van der Waals surface area (Å²) in [5.74, 6) is 2.97. The van der Waals surface area contributed by atoms with E-state index in [0.717, 1.165) is 22.9 Å². The lowest BCUT2D eigenvalue weighted by Gasteiger charge is -2.21. The molecule has 144 valence electrons. The second-order valence-corrected chi connectivity index (χ2v) is 8.42. The van der Waals surface area contributed by atoms with Crippen molar-refractivity contribution >= 4 is 28.6 Å². The minimum Gasteiger partial charge on any atom is -0.507 e. The molecule has 1 fully saturated rings. The fraction of sp³-hybridized carbons (Fsp3) is 0.611. The maximum atomic E-state index is 10.4. The second kappa shape index (κ2) is 9.85. The Hall–Kier alpha value is -0.930. The van der Waals surface area contributed by atoms with Gasteiger partial charge in [-0.25, -0.2) is 0 Å². The zero-order valence-electron chi connectivity index (χ0n) is 15.2. The third kappa shape index (κ3) is 5.07. The molecule has 2 aliphatic rings. The van der Waals surface area contributed by atoms with E-state index >= 15 is 0 Å². The minimum atomic E-state index is 0.210. The molecule has 6 nitrogen and oxygen atoms in total. The first-order valence-electron chi connectivity index (χ1n) is 8.74. The van der Waals surface area contributed by atoms with Crippen LogP contribution in [0.15, 0.2) is 23.2 Å². The van der Waals surface area contributed by atoms with E-state index in [9.17, 15) is 5.11 Å². The van der Waals surface area contributed by atoms with E-state index in [2.05, 4.69) is 11.9 Å². The Morgan fingerprint density at radius 2 is 2.12 bits per heavy atom. The first kappa shape index (κ1) is 19.8. The average molecular weight is 399 g/mol. The fourth-order valence-corrected chi connectivity index (χ4v) is 5.52. The zero-order chi connectivity index (χ0) is 18.4. The highest BCUT2D eigenvalue weighted by Gasteiger charge is 2.33. The molecule has 2 heterocycles. The number of rotatable bonds is 9. The minimum absolute atomic E-state index is 0.210. The van der Waals surface area contributed by atoms with Gasteiger partial charge in [0.1, 0.15) is 23.1 Å². The van der Waals surface area contributed by atoms with Crippen molar-refractivity contribution in [2.45, 2.75) is 11.4 Å². The summed E-state index contributed by atoms with van der Waals surface area (Å²) >= 11 is 3.69. The molecule has 0 radical (unpaired) electrons. The van der Waals surface area contributed by atoms with Crippen LogP contribution in [-0.4, -0.2) is 85.1 Å². The van der Waals surface area contributed by atoms with Gasteiger partial charge >= 0.3 is 0 Å². The summed E-state index contributed by atoms with van der Waals surface area (Å²) < 4.78 is 15.9. The van der Waals surface area contributed by atoms with Crippen molar-refractivity contribution in [1.29, 1.82) is 0 Å². The highest BCUT2D eigenvalue weighted by atomic mass is 32.2. The van der Waals surface area contributed by atoms with Gasteiger partial charge in [0.2, 0.25) is 0 Å². The van der Waals surface area contributed by atoms with E-state index < -0.39 is 0 Å². The Balaban J connectivity index is 1.54. The molecule has 1 aromatic carbocycles. The number of phenols is 1. The van der Waals surface area contributed by atoms with Gasteiger partial charge < -0.3 is 19.3 Å². The van der Waals surface area contributed by atoms with Crippen LogP contribution in [0.4, 0.5) is 0 Å². The summed E-state index contributed by atoms with van der Waals surface area (Å²) in [6.07, 6.45) is 0. The third-order valence-corrected chi connectivity index (χ3v) is 6.84. The largest absolute Gasteiger partial charge is 0.507 e. The van der Waals surface area contributed by atoms with Crippen LogP contribution in [0.25, 0.3) is 0 Å². The van der Waals surface area contributed by atoms with Crippen molar-refractivity contribution in [3.63, 3.8) is 0 Å². The maximum Gasteiger partial charge on any atom is 0.129 e. The quantitative estimate of drug-likeness (QED) is 0.641. The van der Waals surface area contributed by atoms with Gasteiger partial charge in [0.15, 0.2) is 0 Å². The summed E-state index contributed by atoms with van der Waals surface area (Å²) in [6, 6.07) is 5.69. The van der Waals surface area contributed by atoms with Crippen LogP contribution in [0.1, 0.15) is 5.56 Å². The SMILES string of the molecule is COCCOCCOc1ccc(C2=N[C@H]([C@H]3SCCN3C)CS2)c(O)c1. The highest BCUT2D eigenvalue weighted by Crippen LogP contribution is 2.36. The molecule has 26 heavy (non-hydrogen) atoms. The Labute approximate surface area is 163 Å². The normalized spacial score (nSPS) is 23.4. The molecule has 1 aromatic rings. The first-order chi connectivity index (χ1) is 12.7. The molecule has 1 saturated heterocycles. The lowest BCUT2D eigenvalue weighted by Crippen LogP contribution is -2.33. The van der Waals surface area contributed by atoms with E-state index in [1.807, 2.05) is 23.9 Å². The number of thioether (sulfide) groups is 2. The molecule has 8 heteroatoms. The van der Waals surface area contributed by atoms with Crippen molar-refractivity contribution < 1.29 is 19.3 Å². The maximum absolute atomic E-state index is 10.4. The summed E-state index contributed by atoms with van der Waals surface area (Å²) in [4.78, 5) is 7.24. The van der Waals surface area contributed by atoms with Gasteiger partial charge in [-0.15, -0.1) is 23.5 Å². The smallest absolute Gasteiger partial charge is 0.129 e. The first-order valence-corrected chi connectivity index (χ1v) is 10.8. The van der Waals surface area contributed by atoms with Crippen LogP contribution in [0.3, 0.4) is 0 Å². The molecule has 2 atom stereocenters. The lowest BCUT2D eigenvalue weighted by molar-refractivity contribution is 0.0544. The molecule has 0 aromatic heterocycles. The van der Waals surface area contributed by atoms with E-state index in [1.165, 1.54) is 5.75 Å². The van der Waals surface area contributed by atoms with Crippen LogP contribution in [0.5, 0.6) is 11.5 Å². The highest BCUT2D eigenvalue weighted by molar-refractivity contribution is 8.14. The number of benzene rings is 1. The Morgan fingerprint density at radius 1 is 1.27 bits per heavy atom. The molecular formula is C18H26N2O4S2. The van der Waals surface area contributed by atoms with E-state index in [4.69, 9.17) is 19.2 Å². The topological polar surface area (TPSA) is 63.5 Å². The second-order valence-electron chi connectivity index (χ2n) is 6.19. The van der Waals surface area contributed by atoms with Gasteiger partial charge in [-0.05, 0) is 19.2 Å². The summed E-state index contributed by atoms with van der Waals surface area (Å²) in [7, 11) is 3.80. The number of hydrogen-bond donors (Lipinski definition) is 1.